The number of pyridine rings is 1. The van der Waals surface area contributed by atoms with Crippen LogP contribution in [0.15, 0.2) is 30.4 Å². The summed E-state index contributed by atoms with van der Waals surface area (Å²) in [4.78, 5) is 62.9. The van der Waals surface area contributed by atoms with Gasteiger partial charge in [-0.15, -0.1) is 0 Å². The topological polar surface area (TPSA) is 149 Å². The third-order valence-corrected chi connectivity index (χ3v) is 14.6. The van der Waals surface area contributed by atoms with Crippen molar-refractivity contribution in [1.29, 1.82) is 0 Å². The molecule has 2 amide bonds. The number of esters is 1. The summed E-state index contributed by atoms with van der Waals surface area (Å²) in [6, 6.07) is 5.25. The van der Waals surface area contributed by atoms with Gasteiger partial charge in [-0.1, -0.05) is 44.1 Å². The standard InChI is InChI=1S/C41H53N3O8S.CH4/c1-25(2)51-35(46)20-28-11-9-7-6-8-10-12-29-21-41(29,38(48)43-53(49,50)39(5)17-18-39)23-34(45)33-22-40(24-44(33)37(28)47)16-15-30-31-19-26(3)13-14-32(31)42-27(4)36(30)52-40;/h10,12-14,19,25,28-29,33H,6-9,11,15-18,20-24H2,1-5H3,(H,43,48);1H4/b12-10-;/t28-,29-,33+,40-,41-;/m1./s1. The van der Waals surface area contributed by atoms with E-state index in [2.05, 4.69) is 10.8 Å². The molecule has 0 unspecified atom stereocenters. The van der Waals surface area contributed by atoms with Crippen LogP contribution in [-0.2, 0) is 40.4 Å². The molecule has 2 aromatic rings. The number of hydrogen-bond donors (Lipinski definition) is 1. The van der Waals surface area contributed by atoms with Crippen molar-refractivity contribution < 1.29 is 37.1 Å². The first kappa shape index (κ1) is 39.9. The van der Waals surface area contributed by atoms with Crippen LogP contribution in [-0.4, -0.2) is 70.9 Å². The molecule has 1 N–H and O–H groups in total. The van der Waals surface area contributed by atoms with Crippen molar-refractivity contribution in [2.24, 2.45) is 17.3 Å². The molecule has 12 heteroatoms. The molecule has 294 valence electrons. The van der Waals surface area contributed by atoms with E-state index in [1.807, 2.05) is 38.1 Å². The number of benzene rings is 1. The van der Waals surface area contributed by atoms with Crippen LogP contribution in [0.25, 0.3) is 10.9 Å². The lowest BCUT2D eigenvalue weighted by Crippen LogP contribution is -2.48. The fraction of sp³-hybridized carbons (Fsp3) is 0.643. The Bertz CT molecular complexity index is 1990. The zero-order valence-corrected chi connectivity index (χ0v) is 32.5. The van der Waals surface area contributed by atoms with Gasteiger partial charge in [0.15, 0.2) is 5.78 Å². The van der Waals surface area contributed by atoms with E-state index in [-0.39, 0.29) is 56.9 Å². The molecule has 3 aliphatic heterocycles. The molecule has 5 atom stereocenters. The Kier molecular flexibility index (Phi) is 10.9. The smallest absolute Gasteiger partial charge is 0.306 e. The fourth-order valence-electron chi connectivity index (χ4n) is 8.79. The third-order valence-electron chi connectivity index (χ3n) is 12.4. The van der Waals surface area contributed by atoms with Crippen LogP contribution in [0.2, 0.25) is 0 Å². The molecule has 3 fully saturated rings. The highest BCUT2D eigenvalue weighted by Crippen LogP contribution is 2.58. The highest BCUT2D eigenvalue weighted by Gasteiger charge is 2.63. The van der Waals surface area contributed by atoms with Crippen molar-refractivity contribution in [3.8, 4) is 5.75 Å². The quantitative estimate of drug-likeness (QED) is 0.254. The van der Waals surface area contributed by atoms with Gasteiger partial charge in [0.1, 0.15) is 11.4 Å². The monoisotopic (exact) mass is 763 g/mol. The number of allylic oxidation sites excluding steroid dienone is 2. The molecule has 54 heavy (non-hydrogen) atoms. The second-order valence-electron chi connectivity index (χ2n) is 17.0. The fourth-order valence-corrected chi connectivity index (χ4v) is 10.1. The summed E-state index contributed by atoms with van der Waals surface area (Å²) < 4.78 is 40.2. The van der Waals surface area contributed by atoms with Crippen LogP contribution in [0.5, 0.6) is 5.75 Å². The minimum atomic E-state index is -3.93. The molecule has 1 saturated heterocycles. The zero-order valence-electron chi connectivity index (χ0n) is 31.7. The maximum atomic E-state index is 14.7. The lowest BCUT2D eigenvalue weighted by molar-refractivity contribution is -0.153. The minimum Gasteiger partial charge on any atom is -0.483 e. The van der Waals surface area contributed by atoms with Crippen molar-refractivity contribution in [3.63, 3.8) is 0 Å². The van der Waals surface area contributed by atoms with E-state index in [0.29, 0.717) is 44.3 Å². The second kappa shape index (κ2) is 14.7. The number of hydrogen-bond acceptors (Lipinski definition) is 9. The second-order valence-corrected chi connectivity index (χ2v) is 19.2. The summed E-state index contributed by atoms with van der Waals surface area (Å²) >= 11 is 0. The van der Waals surface area contributed by atoms with Gasteiger partial charge in [0, 0.05) is 29.7 Å². The minimum absolute atomic E-state index is 0. The predicted octanol–water partition coefficient (Wildman–Crippen LogP) is 6.59. The summed E-state index contributed by atoms with van der Waals surface area (Å²) in [5, 5.41) is 1.03. The summed E-state index contributed by atoms with van der Waals surface area (Å²) in [6.45, 7) is 9.28. The molecule has 0 radical (unpaired) electrons. The van der Waals surface area contributed by atoms with E-state index in [4.69, 9.17) is 14.5 Å². The molecular formula is C42H57N3O8S. The largest absolute Gasteiger partial charge is 0.483 e. The molecule has 1 aromatic heterocycles. The molecule has 7 rings (SSSR count). The Morgan fingerprint density at radius 3 is 2.57 bits per heavy atom. The SMILES string of the molecule is C.Cc1ccc2nc(C)c3c(c2c1)CC[C@]1(C[C@H]2C(=O)C[C@]4(C(=O)NS(=O)(=O)C5(C)CC5)C[C@H]4/C=C\CCCCC[C@H](CC(=O)OC(C)C)C(=O)N2C1)O3. The number of aromatic nitrogens is 1. The number of carbonyl (C=O) groups is 4. The van der Waals surface area contributed by atoms with Gasteiger partial charge in [-0.25, -0.2) is 13.4 Å². The van der Waals surface area contributed by atoms with Crippen LogP contribution < -0.4 is 9.46 Å². The molecule has 11 nitrogen and oxygen atoms in total. The maximum absolute atomic E-state index is 14.7. The highest BCUT2D eigenvalue weighted by atomic mass is 32.2. The first-order valence-corrected chi connectivity index (χ1v) is 20.9. The van der Waals surface area contributed by atoms with Crippen molar-refractivity contribution in [2.75, 3.05) is 6.54 Å². The summed E-state index contributed by atoms with van der Waals surface area (Å²) in [6.07, 6.45) is 9.78. The van der Waals surface area contributed by atoms with Gasteiger partial charge in [-0.2, -0.15) is 0 Å². The Balaban J connectivity index is 0.00000497. The van der Waals surface area contributed by atoms with E-state index in [1.165, 1.54) is 0 Å². The Labute approximate surface area is 320 Å². The van der Waals surface area contributed by atoms with E-state index >= 15 is 0 Å². The summed E-state index contributed by atoms with van der Waals surface area (Å²) in [5.74, 6) is -1.99. The van der Waals surface area contributed by atoms with E-state index in [9.17, 15) is 27.6 Å². The first-order chi connectivity index (χ1) is 25.1. The van der Waals surface area contributed by atoms with Gasteiger partial charge in [0.05, 0.1) is 46.5 Å². The molecule has 1 spiro atoms. The number of carbonyl (C=O) groups excluding carboxylic acids is 4. The number of Topliss-reactive ketones (excluding diaryl/α,β-unsaturated/α-hetero) is 1. The van der Waals surface area contributed by atoms with Crippen molar-refractivity contribution >= 4 is 44.5 Å². The first-order valence-electron chi connectivity index (χ1n) is 19.4. The van der Waals surface area contributed by atoms with Crippen molar-refractivity contribution in [1.82, 2.24) is 14.6 Å². The number of nitrogens with zero attached hydrogens (tertiary/aromatic N) is 2. The lowest BCUT2D eigenvalue weighted by Gasteiger charge is -2.36. The summed E-state index contributed by atoms with van der Waals surface area (Å²) in [7, 11) is -3.93. The molecule has 1 aromatic carbocycles. The Morgan fingerprint density at radius 2 is 1.85 bits per heavy atom. The molecule has 5 aliphatic rings. The molecule has 2 saturated carbocycles. The van der Waals surface area contributed by atoms with E-state index < -0.39 is 49.6 Å². The number of nitrogens with one attached hydrogen (secondary N) is 1. The van der Waals surface area contributed by atoms with Gasteiger partial charge < -0.3 is 14.4 Å². The van der Waals surface area contributed by atoms with Crippen molar-refractivity contribution in [3.05, 3.63) is 47.2 Å². The third kappa shape index (κ3) is 7.56. The number of ether oxygens (including phenoxy) is 2. The number of fused-ring (bicyclic) bond motifs is 5. The zero-order chi connectivity index (χ0) is 37.9. The van der Waals surface area contributed by atoms with Crippen LogP contribution in [0.1, 0.15) is 122 Å². The van der Waals surface area contributed by atoms with Gasteiger partial charge in [-0.05, 0) is 104 Å². The van der Waals surface area contributed by atoms with Gasteiger partial charge in [0.2, 0.25) is 21.8 Å². The van der Waals surface area contributed by atoms with Crippen LogP contribution in [0.4, 0.5) is 0 Å². The normalized spacial score (nSPS) is 29.8. The number of aryl methyl sites for hydroxylation is 3. The number of sulfonamides is 1. The average Bonchev–Trinajstić information content (AvgIpc) is 3.98. The number of ketones is 1. The van der Waals surface area contributed by atoms with E-state index in [0.717, 1.165) is 53.4 Å². The van der Waals surface area contributed by atoms with Gasteiger partial charge >= 0.3 is 5.97 Å². The predicted molar refractivity (Wildman–Crippen MR) is 206 cm³/mol. The summed E-state index contributed by atoms with van der Waals surface area (Å²) in [5.41, 5.74) is 1.69. The van der Waals surface area contributed by atoms with Crippen LogP contribution in [0, 0.1) is 31.1 Å². The lowest BCUT2D eigenvalue weighted by atomic mass is 9.85. The van der Waals surface area contributed by atoms with E-state index in [1.54, 1.807) is 25.7 Å². The highest BCUT2D eigenvalue weighted by molar-refractivity contribution is 7.91. The Morgan fingerprint density at radius 1 is 1.09 bits per heavy atom. The number of amides is 2. The number of rotatable bonds is 6. The molecule has 0 bridgehead atoms. The molecule has 2 aliphatic carbocycles. The maximum Gasteiger partial charge on any atom is 0.306 e. The van der Waals surface area contributed by atoms with Gasteiger partial charge in [0.25, 0.3) is 0 Å². The molecule has 4 heterocycles. The van der Waals surface area contributed by atoms with Gasteiger partial charge in [-0.3, -0.25) is 23.9 Å². The van der Waals surface area contributed by atoms with Crippen LogP contribution >= 0.6 is 0 Å². The molecular weight excluding hydrogens is 707 g/mol. The van der Waals surface area contributed by atoms with Crippen molar-refractivity contribution in [2.45, 2.75) is 148 Å². The average molecular weight is 764 g/mol. The van der Waals surface area contributed by atoms with Crippen LogP contribution in [0.3, 0.4) is 0 Å². The Hall–Kier alpha value is -3.80.